The molecule has 0 aromatic heterocycles. The molecule has 2 N–H and O–H groups in total. The lowest BCUT2D eigenvalue weighted by atomic mass is 10.0. The van der Waals surface area contributed by atoms with Crippen molar-refractivity contribution >= 4 is 17.6 Å². The van der Waals surface area contributed by atoms with Crippen molar-refractivity contribution in [2.24, 2.45) is 0 Å². The van der Waals surface area contributed by atoms with Crippen molar-refractivity contribution in [3.63, 3.8) is 0 Å². The Morgan fingerprint density at radius 3 is 2.96 bits per heavy atom. The molecule has 2 unspecified atom stereocenters. The topological polar surface area (TPSA) is 70.7 Å². The van der Waals surface area contributed by atoms with Gasteiger partial charge in [0.1, 0.15) is 11.9 Å². The highest BCUT2D eigenvalue weighted by molar-refractivity contribution is 5.99. The van der Waals surface area contributed by atoms with Gasteiger partial charge >= 0.3 is 6.03 Å². The number of ether oxygens (including phenoxy) is 1. The van der Waals surface area contributed by atoms with Gasteiger partial charge in [0.15, 0.2) is 0 Å². The van der Waals surface area contributed by atoms with Crippen LogP contribution in [-0.4, -0.2) is 43.8 Å². The Labute approximate surface area is 140 Å². The molecule has 0 spiro atoms. The predicted molar refractivity (Wildman–Crippen MR) is 87.3 cm³/mol. The van der Waals surface area contributed by atoms with Crippen LogP contribution >= 0.6 is 0 Å². The van der Waals surface area contributed by atoms with Crippen LogP contribution in [0, 0.1) is 5.82 Å². The maximum Gasteiger partial charge on any atom is 0.315 e. The molecule has 0 bridgehead atoms. The van der Waals surface area contributed by atoms with Gasteiger partial charge in [0.05, 0.1) is 6.10 Å². The highest BCUT2D eigenvalue weighted by Gasteiger charge is 2.31. The van der Waals surface area contributed by atoms with Crippen molar-refractivity contribution in [3.05, 3.63) is 30.1 Å². The van der Waals surface area contributed by atoms with Gasteiger partial charge in [-0.05, 0) is 43.9 Å². The molecule has 2 heterocycles. The fourth-order valence-electron chi connectivity index (χ4n) is 3.13. The van der Waals surface area contributed by atoms with Crippen molar-refractivity contribution in [2.75, 3.05) is 24.6 Å². The summed E-state index contributed by atoms with van der Waals surface area (Å²) in [6.45, 7) is 1.70. The first kappa shape index (κ1) is 16.7. The van der Waals surface area contributed by atoms with Gasteiger partial charge in [0, 0.05) is 25.4 Å². The summed E-state index contributed by atoms with van der Waals surface area (Å²) in [5.41, 5.74) is 0.520. The fraction of sp³-hybridized carbons (Fsp3) is 0.529. The largest absolute Gasteiger partial charge is 0.376 e. The second-order valence-corrected chi connectivity index (χ2v) is 6.15. The van der Waals surface area contributed by atoms with Gasteiger partial charge in [-0.25, -0.2) is 9.18 Å². The molecule has 0 saturated carbocycles. The van der Waals surface area contributed by atoms with Crippen molar-refractivity contribution in [2.45, 2.75) is 37.8 Å². The van der Waals surface area contributed by atoms with Gasteiger partial charge in [0.25, 0.3) is 0 Å². The van der Waals surface area contributed by atoms with Crippen molar-refractivity contribution in [1.29, 1.82) is 0 Å². The number of rotatable bonds is 4. The monoisotopic (exact) mass is 335 g/mol. The molecule has 130 valence electrons. The van der Waals surface area contributed by atoms with Crippen LogP contribution in [0.5, 0.6) is 0 Å². The van der Waals surface area contributed by atoms with E-state index in [1.165, 1.54) is 17.0 Å². The van der Waals surface area contributed by atoms with E-state index in [-0.39, 0.29) is 23.9 Å². The first-order valence-electron chi connectivity index (χ1n) is 8.36. The number of amides is 3. The van der Waals surface area contributed by atoms with E-state index in [4.69, 9.17) is 4.74 Å². The third-order valence-electron chi connectivity index (χ3n) is 4.38. The van der Waals surface area contributed by atoms with Gasteiger partial charge < -0.3 is 20.3 Å². The first-order chi connectivity index (χ1) is 11.6. The van der Waals surface area contributed by atoms with E-state index >= 15 is 0 Å². The molecule has 7 heteroatoms. The molecule has 1 aromatic rings. The highest BCUT2D eigenvalue weighted by Crippen LogP contribution is 2.21. The SMILES string of the molecule is O=C(NCC1CCCO1)NC1CCCN(c2cccc(F)c2)C1=O. The lowest BCUT2D eigenvalue weighted by Gasteiger charge is -2.32. The van der Waals surface area contributed by atoms with Crippen molar-refractivity contribution in [3.8, 4) is 0 Å². The van der Waals surface area contributed by atoms with Gasteiger partial charge in [-0.2, -0.15) is 0 Å². The Morgan fingerprint density at radius 1 is 1.33 bits per heavy atom. The molecule has 2 aliphatic rings. The summed E-state index contributed by atoms with van der Waals surface area (Å²) in [5, 5.41) is 5.47. The van der Waals surface area contributed by atoms with Gasteiger partial charge in [-0.3, -0.25) is 4.79 Å². The number of hydrogen-bond donors (Lipinski definition) is 2. The maximum atomic E-state index is 13.4. The number of piperidine rings is 1. The Hall–Kier alpha value is -2.15. The molecule has 6 nitrogen and oxygen atoms in total. The maximum absolute atomic E-state index is 13.4. The smallest absolute Gasteiger partial charge is 0.315 e. The third kappa shape index (κ3) is 4.03. The molecule has 0 aliphatic carbocycles. The summed E-state index contributed by atoms with van der Waals surface area (Å²) in [4.78, 5) is 26.1. The van der Waals surface area contributed by atoms with E-state index in [9.17, 15) is 14.0 Å². The standard InChI is InChI=1S/C17H22FN3O3/c18-12-4-1-5-13(10-12)21-8-2-7-15(16(21)22)20-17(23)19-11-14-6-3-9-24-14/h1,4-5,10,14-15H,2-3,6-9,11H2,(H2,19,20,23). The van der Waals surface area contributed by atoms with Crippen molar-refractivity contribution in [1.82, 2.24) is 10.6 Å². The number of carbonyl (C=O) groups excluding carboxylic acids is 2. The zero-order valence-electron chi connectivity index (χ0n) is 13.5. The first-order valence-corrected chi connectivity index (χ1v) is 8.36. The van der Waals surface area contributed by atoms with Gasteiger partial charge in [0.2, 0.25) is 5.91 Å². The number of nitrogens with one attached hydrogen (secondary N) is 2. The summed E-state index contributed by atoms with van der Waals surface area (Å²) < 4.78 is 18.8. The van der Waals surface area contributed by atoms with Gasteiger partial charge in [-0.15, -0.1) is 0 Å². The Kier molecular flexibility index (Phi) is 5.30. The Morgan fingerprint density at radius 2 is 2.21 bits per heavy atom. The minimum atomic E-state index is -0.591. The number of nitrogens with zero attached hydrogens (tertiary/aromatic N) is 1. The number of hydrogen-bond acceptors (Lipinski definition) is 3. The summed E-state index contributed by atoms with van der Waals surface area (Å²) >= 11 is 0. The molecule has 3 rings (SSSR count). The number of benzene rings is 1. The summed E-state index contributed by atoms with van der Waals surface area (Å²) in [7, 11) is 0. The van der Waals surface area contributed by atoms with Crippen molar-refractivity contribution < 1.29 is 18.7 Å². The minimum Gasteiger partial charge on any atom is -0.376 e. The molecule has 1 aromatic carbocycles. The average Bonchev–Trinajstić information content (AvgIpc) is 3.08. The predicted octanol–water partition coefficient (Wildman–Crippen LogP) is 1.80. The van der Waals surface area contributed by atoms with Gasteiger partial charge in [-0.1, -0.05) is 6.07 Å². The van der Waals surface area contributed by atoms with E-state index < -0.39 is 6.04 Å². The third-order valence-corrected chi connectivity index (χ3v) is 4.38. The highest BCUT2D eigenvalue weighted by atomic mass is 19.1. The van der Waals surface area contributed by atoms with Crippen LogP contribution in [0.4, 0.5) is 14.9 Å². The number of anilines is 1. The van der Waals surface area contributed by atoms with Crippen LogP contribution in [0.25, 0.3) is 0 Å². The lowest BCUT2D eigenvalue weighted by molar-refractivity contribution is -0.121. The van der Waals surface area contributed by atoms with Crippen LogP contribution in [0.1, 0.15) is 25.7 Å². The zero-order chi connectivity index (χ0) is 16.9. The minimum absolute atomic E-state index is 0.0570. The molecule has 24 heavy (non-hydrogen) atoms. The number of urea groups is 1. The van der Waals surface area contributed by atoms with E-state index in [0.29, 0.717) is 25.2 Å². The molecule has 2 aliphatic heterocycles. The molecular formula is C17H22FN3O3. The molecule has 2 fully saturated rings. The van der Waals surface area contributed by atoms with Crippen LogP contribution in [0.3, 0.4) is 0 Å². The van der Waals surface area contributed by atoms with Crippen LogP contribution in [-0.2, 0) is 9.53 Å². The second kappa shape index (κ2) is 7.61. The van der Waals surface area contributed by atoms with E-state index in [1.54, 1.807) is 12.1 Å². The quantitative estimate of drug-likeness (QED) is 0.881. The Bertz CT molecular complexity index is 604. The number of carbonyl (C=O) groups is 2. The number of halogens is 1. The molecule has 0 radical (unpaired) electrons. The zero-order valence-corrected chi connectivity index (χ0v) is 13.5. The second-order valence-electron chi connectivity index (χ2n) is 6.15. The van der Waals surface area contributed by atoms with E-state index in [0.717, 1.165) is 25.9 Å². The summed E-state index contributed by atoms with van der Waals surface area (Å²) in [6, 6.07) is 4.98. The lowest BCUT2D eigenvalue weighted by Crippen LogP contribution is -2.55. The molecular weight excluding hydrogens is 313 g/mol. The summed E-state index contributed by atoms with van der Waals surface area (Å²) in [5.74, 6) is -0.594. The normalized spacial score (nSPS) is 24.0. The van der Waals surface area contributed by atoms with E-state index in [1.807, 2.05) is 0 Å². The molecule has 2 atom stereocenters. The average molecular weight is 335 g/mol. The van der Waals surface area contributed by atoms with Crippen LogP contribution in [0.2, 0.25) is 0 Å². The molecule has 2 saturated heterocycles. The fourth-order valence-corrected chi connectivity index (χ4v) is 3.13. The molecule has 3 amide bonds. The van der Waals surface area contributed by atoms with E-state index in [2.05, 4.69) is 10.6 Å². The van der Waals surface area contributed by atoms with Crippen LogP contribution in [0.15, 0.2) is 24.3 Å². The van der Waals surface area contributed by atoms with Crippen LogP contribution < -0.4 is 15.5 Å². The summed E-state index contributed by atoms with van der Waals surface area (Å²) in [6.07, 6.45) is 3.34. The Balaban J connectivity index is 1.55.